The Morgan fingerprint density at radius 2 is 0.909 bits per heavy atom. The molecule has 0 aliphatic carbocycles. The van der Waals surface area contributed by atoms with E-state index in [0.717, 1.165) is 21.2 Å². The molecule has 1 aromatic heterocycles. The molecule has 4 rings (SSSR count). The van der Waals surface area contributed by atoms with Gasteiger partial charge in [0.1, 0.15) is 0 Å². The fourth-order valence-electron chi connectivity index (χ4n) is 3.64. The van der Waals surface area contributed by atoms with Crippen molar-refractivity contribution >= 4 is 15.9 Å². The molecule has 0 fully saturated rings. The number of nitrogens with zero attached hydrogens (tertiary/aromatic N) is 3. The van der Waals surface area contributed by atoms with Gasteiger partial charge in [-0.25, -0.2) is 15.0 Å². The first-order valence-electron chi connectivity index (χ1n) is 11.3. The van der Waals surface area contributed by atoms with Crippen LogP contribution in [0.4, 0.5) is 0 Å². The van der Waals surface area contributed by atoms with E-state index in [1.54, 1.807) is 0 Å². The van der Waals surface area contributed by atoms with Gasteiger partial charge >= 0.3 is 0 Å². The van der Waals surface area contributed by atoms with Crippen molar-refractivity contribution in [1.29, 1.82) is 0 Å². The minimum absolute atomic E-state index is 0.0949. The summed E-state index contributed by atoms with van der Waals surface area (Å²) in [6.07, 6.45) is 0. The molecule has 1 heterocycles. The topological polar surface area (TPSA) is 38.7 Å². The van der Waals surface area contributed by atoms with Crippen molar-refractivity contribution in [2.45, 2.75) is 52.4 Å². The highest BCUT2D eigenvalue weighted by atomic mass is 79.9. The van der Waals surface area contributed by atoms with Crippen LogP contribution in [0.2, 0.25) is 0 Å². The molecule has 3 aromatic carbocycles. The summed E-state index contributed by atoms with van der Waals surface area (Å²) in [5, 5.41) is 0. The molecule has 3 nitrogen and oxygen atoms in total. The SMILES string of the molecule is CC(C)(C)c1ccc(-c2nc(-c3ccc(C(C)(C)C)cc3)nc(-c3ccccc3Br)n2)cc1. The van der Waals surface area contributed by atoms with Crippen LogP contribution in [-0.2, 0) is 10.8 Å². The molecule has 0 bridgehead atoms. The first kappa shape index (κ1) is 23.3. The van der Waals surface area contributed by atoms with E-state index >= 15 is 0 Å². The van der Waals surface area contributed by atoms with Crippen molar-refractivity contribution < 1.29 is 0 Å². The second-order valence-electron chi connectivity index (χ2n) is 10.4. The Bertz CT molecular complexity index is 1190. The summed E-state index contributed by atoms with van der Waals surface area (Å²) in [6, 6.07) is 25.1. The van der Waals surface area contributed by atoms with Crippen LogP contribution in [-0.4, -0.2) is 15.0 Å². The van der Waals surface area contributed by atoms with E-state index in [0.29, 0.717) is 17.5 Å². The van der Waals surface area contributed by atoms with Gasteiger partial charge in [-0.1, -0.05) is 124 Å². The quantitative estimate of drug-likeness (QED) is 0.284. The Kier molecular flexibility index (Phi) is 6.24. The fourth-order valence-corrected chi connectivity index (χ4v) is 4.10. The second-order valence-corrected chi connectivity index (χ2v) is 11.3. The number of aromatic nitrogens is 3. The molecule has 0 saturated heterocycles. The summed E-state index contributed by atoms with van der Waals surface area (Å²) in [7, 11) is 0. The van der Waals surface area contributed by atoms with E-state index < -0.39 is 0 Å². The van der Waals surface area contributed by atoms with Crippen molar-refractivity contribution in [2.75, 3.05) is 0 Å². The average Bonchev–Trinajstić information content (AvgIpc) is 2.78. The highest BCUT2D eigenvalue weighted by Crippen LogP contribution is 2.31. The Morgan fingerprint density at radius 3 is 1.30 bits per heavy atom. The smallest absolute Gasteiger partial charge is 0.165 e. The lowest BCUT2D eigenvalue weighted by molar-refractivity contribution is 0.590. The molecule has 0 unspecified atom stereocenters. The summed E-state index contributed by atoms with van der Waals surface area (Å²) < 4.78 is 0.958. The molecular weight excluding hydrogens is 470 g/mol. The predicted octanol–water partition coefficient (Wildman–Crippen LogP) is 8.23. The number of benzene rings is 3. The zero-order valence-corrected chi connectivity index (χ0v) is 21.7. The maximum Gasteiger partial charge on any atom is 0.165 e. The highest BCUT2D eigenvalue weighted by molar-refractivity contribution is 9.10. The second kappa shape index (κ2) is 8.83. The fraction of sp³-hybridized carbons (Fsp3) is 0.276. The minimum Gasteiger partial charge on any atom is -0.208 e. The zero-order chi connectivity index (χ0) is 23.8. The molecular formula is C29H30BrN3. The van der Waals surface area contributed by atoms with Crippen molar-refractivity contribution in [1.82, 2.24) is 15.0 Å². The molecule has 4 heteroatoms. The third kappa shape index (κ3) is 5.22. The molecule has 0 amide bonds. The molecule has 0 N–H and O–H groups in total. The molecule has 33 heavy (non-hydrogen) atoms. The van der Waals surface area contributed by atoms with Gasteiger partial charge < -0.3 is 0 Å². The standard InChI is InChI=1S/C29H30BrN3/c1-28(2,3)21-15-11-19(12-16-21)25-31-26(20-13-17-22(18-14-20)29(4,5)6)33-27(32-25)23-9-7-8-10-24(23)30/h7-18H,1-6H3. The number of hydrogen-bond acceptors (Lipinski definition) is 3. The van der Waals surface area contributed by atoms with Crippen LogP contribution in [0.15, 0.2) is 77.3 Å². The van der Waals surface area contributed by atoms with Crippen molar-refractivity contribution in [3.8, 4) is 34.2 Å². The molecule has 0 aliphatic rings. The van der Waals surface area contributed by atoms with Gasteiger partial charge in [-0.2, -0.15) is 0 Å². The summed E-state index contributed by atoms with van der Waals surface area (Å²) in [4.78, 5) is 14.6. The van der Waals surface area contributed by atoms with Gasteiger partial charge in [0, 0.05) is 21.2 Å². The van der Waals surface area contributed by atoms with Gasteiger partial charge in [-0.15, -0.1) is 0 Å². The number of halogens is 1. The van der Waals surface area contributed by atoms with Crippen LogP contribution in [0.1, 0.15) is 52.7 Å². The van der Waals surface area contributed by atoms with Gasteiger partial charge in [0.05, 0.1) is 0 Å². The first-order valence-corrected chi connectivity index (χ1v) is 12.0. The van der Waals surface area contributed by atoms with Gasteiger partial charge in [-0.05, 0) is 28.0 Å². The molecule has 0 radical (unpaired) electrons. The normalized spacial score (nSPS) is 12.1. The molecule has 0 saturated carbocycles. The zero-order valence-electron chi connectivity index (χ0n) is 20.1. The number of rotatable bonds is 3. The van der Waals surface area contributed by atoms with Crippen molar-refractivity contribution in [2.24, 2.45) is 0 Å². The maximum absolute atomic E-state index is 4.88. The molecule has 4 aromatic rings. The van der Waals surface area contributed by atoms with Crippen LogP contribution < -0.4 is 0 Å². The summed E-state index contributed by atoms with van der Waals surface area (Å²) in [6.45, 7) is 13.3. The summed E-state index contributed by atoms with van der Waals surface area (Å²) in [5.74, 6) is 2.00. The van der Waals surface area contributed by atoms with Crippen molar-refractivity contribution in [3.63, 3.8) is 0 Å². The molecule has 0 spiro atoms. The average molecular weight is 500 g/mol. The molecule has 168 valence electrons. The van der Waals surface area contributed by atoms with Crippen LogP contribution in [0.25, 0.3) is 34.2 Å². The van der Waals surface area contributed by atoms with Crippen LogP contribution in [0.3, 0.4) is 0 Å². The monoisotopic (exact) mass is 499 g/mol. The Hall–Kier alpha value is -2.85. The minimum atomic E-state index is 0.0949. The Morgan fingerprint density at radius 1 is 0.515 bits per heavy atom. The van der Waals surface area contributed by atoms with Crippen LogP contribution >= 0.6 is 15.9 Å². The van der Waals surface area contributed by atoms with E-state index in [9.17, 15) is 0 Å². The lowest BCUT2D eigenvalue weighted by Crippen LogP contribution is -2.10. The van der Waals surface area contributed by atoms with Gasteiger partial charge in [0.25, 0.3) is 0 Å². The molecule has 0 atom stereocenters. The molecule has 0 aliphatic heterocycles. The third-order valence-corrected chi connectivity index (χ3v) is 6.46. The largest absolute Gasteiger partial charge is 0.208 e. The Labute approximate surface area is 205 Å². The third-order valence-electron chi connectivity index (χ3n) is 5.77. The van der Waals surface area contributed by atoms with E-state index in [4.69, 9.17) is 15.0 Å². The van der Waals surface area contributed by atoms with Gasteiger partial charge in [0.2, 0.25) is 0 Å². The highest BCUT2D eigenvalue weighted by Gasteiger charge is 2.17. The summed E-state index contributed by atoms with van der Waals surface area (Å²) in [5.41, 5.74) is 5.65. The van der Waals surface area contributed by atoms with E-state index in [2.05, 4.69) is 106 Å². The predicted molar refractivity (Wildman–Crippen MR) is 141 cm³/mol. The van der Waals surface area contributed by atoms with E-state index in [-0.39, 0.29) is 10.8 Å². The van der Waals surface area contributed by atoms with Gasteiger partial charge in [0.15, 0.2) is 17.5 Å². The lowest BCUT2D eigenvalue weighted by atomic mass is 9.86. The van der Waals surface area contributed by atoms with Crippen LogP contribution in [0.5, 0.6) is 0 Å². The van der Waals surface area contributed by atoms with Gasteiger partial charge in [-0.3, -0.25) is 0 Å². The number of hydrogen-bond donors (Lipinski definition) is 0. The van der Waals surface area contributed by atoms with E-state index in [1.807, 2.05) is 24.3 Å². The Balaban J connectivity index is 1.85. The van der Waals surface area contributed by atoms with Crippen molar-refractivity contribution in [3.05, 3.63) is 88.4 Å². The van der Waals surface area contributed by atoms with Crippen LogP contribution in [0, 0.1) is 0 Å². The first-order chi connectivity index (χ1) is 15.5. The van der Waals surface area contributed by atoms with E-state index in [1.165, 1.54) is 11.1 Å². The maximum atomic E-state index is 4.88. The lowest BCUT2D eigenvalue weighted by Gasteiger charge is -2.19. The summed E-state index contributed by atoms with van der Waals surface area (Å²) >= 11 is 3.66.